The first-order valence-electron chi connectivity index (χ1n) is 8.59. The molecule has 0 aromatic heterocycles. The van der Waals surface area contributed by atoms with E-state index in [9.17, 15) is 15.3 Å². The normalized spacial score (nSPS) is 17.7. The molecule has 3 heteroatoms. The van der Waals surface area contributed by atoms with Crippen LogP contribution in [0.1, 0.15) is 43.2 Å². The highest BCUT2D eigenvalue weighted by molar-refractivity contribution is 5.82. The van der Waals surface area contributed by atoms with E-state index >= 15 is 0 Å². The van der Waals surface area contributed by atoms with E-state index in [4.69, 9.17) is 0 Å². The lowest BCUT2D eigenvalue weighted by Crippen LogP contribution is -2.12. The van der Waals surface area contributed by atoms with Crippen molar-refractivity contribution in [3.05, 3.63) is 65.2 Å². The summed E-state index contributed by atoms with van der Waals surface area (Å²) < 4.78 is 0. The molecule has 3 N–H and O–H groups in total. The van der Waals surface area contributed by atoms with Gasteiger partial charge in [0.05, 0.1) is 0 Å². The Labute approximate surface area is 142 Å². The Hall–Kier alpha value is -2.26. The number of hydrogen-bond acceptors (Lipinski definition) is 3. The third-order valence-corrected chi connectivity index (χ3v) is 4.83. The Kier molecular flexibility index (Phi) is 5.21. The van der Waals surface area contributed by atoms with Gasteiger partial charge in [0, 0.05) is 6.61 Å². The molecule has 2 aromatic carbocycles. The van der Waals surface area contributed by atoms with Gasteiger partial charge in [-0.05, 0) is 79.0 Å². The summed E-state index contributed by atoms with van der Waals surface area (Å²) in [5.41, 5.74) is 4.75. The number of aliphatic hydroxyl groups excluding tert-OH is 1. The van der Waals surface area contributed by atoms with Crippen LogP contribution in [0.3, 0.4) is 0 Å². The van der Waals surface area contributed by atoms with Gasteiger partial charge in [-0.1, -0.05) is 29.8 Å². The van der Waals surface area contributed by atoms with Crippen molar-refractivity contribution in [2.24, 2.45) is 5.92 Å². The molecule has 2 aromatic rings. The minimum absolute atomic E-state index is 0.242. The Bertz CT molecular complexity index is 649. The number of aliphatic hydroxyl groups is 1. The second-order valence-corrected chi connectivity index (χ2v) is 6.55. The first-order chi connectivity index (χ1) is 11.7. The standard InChI is InChI=1S/C21H24O3/c22-13-12-15-2-1-3-18(14-15)21(16-4-8-19(23)9-5-16)17-6-10-20(24)11-7-17/h4-11,15,22-24H,1-3,12-14H2/t15-/m1/s1. The quantitative estimate of drug-likeness (QED) is 0.777. The molecule has 3 nitrogen and oxygen atoms in total. The van der Waals surface area contributed by atoms with Crippen LogP contribution in [0.25, 0.3) is 5.57 Å². The van der Waals surface area contributed by atoms with Gasteiger partial charge in [0.2, 0.25) is 0 Å². The molecule has 24 heavy (non-hydrogen) atoms. The third-order valence-electron chi connectivity index (χ3n) is 4.83. The fourth-order valence-corrected chi connectivity index (χ4v) is 3.64. The van der Waals surface area contributed by atoms with Crippen molar-refractivity contribution in [2.45, 2.75) is 32.1 Å². The molecule has 3 rings (SSSR count). The SMILES string of the molecule is OCC[C@H]1CCCC(=C(c2ccc(O)cc2)c2ccc(O)cc2)C1. The highest BCUT2D eigenvalue weighted by Crippen LogP contribution is 2.38. The van der Waals surface area contributed by atoms with E-state index in [0.29, 0.717) is 5.92 Å². The maximum absolute atomic E-state index is 9.59. The van der Waals surface area contributed by atoms with Gasteiger partial charge in [-0.15, -0.1) is 0 Å². The van der Waals surface area contributed by atoms with Crippen molar-refractivity contribution in [1.82, 2.24) is 0 Å². The van der Waals surface area contributed by atoms with Gasteiger partial charge in [0.15, 0.2) is 0 Å². The molecular weight excluding hydrogens is 300 g/mol. The van der Waals surface area contributed by atoms with E-state index in [1.54, 1.807) is 24.3 Å². The monoisotopic (exact) mass is 324 g/mol. The first kappa shape index (κ1) is 16.6. The summed E-state index contributed by atoms with van der Waals surface area (Å²) in [6.45, 7) is 0.242. The lowest BCUT2D eigenvalue weighted by Gasteiger charge is -2.27. The number of hydrogen-bond donors (Lipinski definition) is 3. The van der Waals surface area contributed by atoms with Crippen LogP contribution in [0.15, 0.2) is 54.1 Å². The number of phenols is 2. The van der Waals surface area contributed by atoms with Gasteiger partial charge in [-0.3, -0.25) is 0 Å². The minimum atomic E-state index is 0.242. The third kappa shape index (κ3) is 3.80. The van der Waals surface area contributed by atoms with Gasteiger partial charge in [0.25, 0.3) is 0 Å². The topological polar surface area (TPSA) is 60.7 Å². The van der Waals surface area contributed by atoms with E-state index in [1.807, 2.05) is 24.3 Å². The molecule has 0 unspecified atom stereocenters. The number of aromatic hydroxyl groups is 2. The van der Waals surface area contributed by atoms with Gasteiger partial charge in [0.1, 0.15) is 11.5 Å². The Morgan fingerprint density at radius 3 is 1.92 bits per heavy atom. The number of phenolic OH excluding ortho intramolecular Hbond substituents is 2. The van der Waals surface area contributed by atoms with Crippen molar-refractivity contribution in [3.8, 4) is 11.5 Å². The number of rotatable bonds is 4. The fourth-order valence-electron chi connectivity index (χ4n) is 3.64. The highest BCUT2D eigenvalue weighted by Gasteiger charge is 2.21. The molecule has 0 radical (unpaired) electrons. The molecule has 1 fully saturated rings. The van der Waals surface area contributed by atoms with Gasteiger partial charge in [-0.25, -0.2) is 0 Å². The van der Waals surface area contributed by atoms with Crippen LogP contribution in [-0.4, -0.2) is 21.9 Å². The van der Waals surface area contributed by atoms with Crippen LogP contribution in [0.4, 0.5) is 0 Å². The zero-order valence-corrected chi connectivity index (χ0v) is 13.8. The number of allylic oxidation sites excluding steroid dienone is 1. The minimum Gasteiger partial charge on any atom is -0.508 e. The van der Waals surface area contributed by atoms with Crippen molar-refractivity contribution < 1.29 is 15.3 Å². The van der Waals surface area contributed by atoms with E-state index in [2.05, 4.69) is 0 Å². The average Bonchev–Trinajstić information content (AvgIpc) is 2.59. The Morgan fingerprint density at radius 1 is 0.875 bits per heavy atom. The first-order valence-corrected chi connectivity index (χ1v) is 8.59. The molecule has 1 atom stereocenters. The lowest BCUT2D eigenvalue weighted by atomic mass is 9.79. The molecular formula is C21H24O3. The maximum Gasteiger partial charge on any atom is 0.115 e. The zero-order valence-electron chi connectivity index (χ0n) is 13.8. The van der Waals surface area contributed by atoms with Crippen LogP contribution in [0, 0.1) is 5.92 Å². The van der Waals surface area contributed by atoms with E-state index in [0.717, 1.165) is 36.8 Å². The second kappa shape index (κ2) is 7.54. The van der Waals surface area contributed by atoms with E-state index in [1.165, 1.54) is 17.6 Å². The zero-order chi connectivity index (χ0) is 16.9. The predicted octanol–water partition coefficient (Wildman–Crippen LogP) is 4.47. The molecule has 0 amide bonds. The predicted molar refractivity (Wildman–Crippen MR) is 95.9 cm³/mol. The Balaban J connectivity index is 2.05. The lowest BCUT2D eigenvalue weighted by molar-refractivity contribution is 0.243. The summed E-state index contributed by atoms with van der Waals surface area (Å²) in [4.78, 5) is 0. The molecule has 0 heterocycles. The summed E-state index contributed by atoms with van der Waals surface area (Å²) in [5.74, 6) is 1.05. The molecule has 1 aliphatic carbocycles. The summed E-state index contributed by atoms with van der Waals surface area (Å²) >= 11 is 0. The maximum atomic E-state index is 9.59. The van der Waals surface area contributed by atoms with E-state index in [-0.39, 0.29) is 18.1 Å². The van der Waals surface area contributed by atoms with Crippen molar-refractivity contribution >= 4 is 5.57 Å². The van der Waals surface area contributed by atoms with Crippen LogP contribution >= 0.6 is 0 Å². The van der Waals surface area contributed by atoms with Crippen LogP contribution < -0.4 is 0 Å². The van der Waals surface area contributed by atoms with Gasteiger partial charge >= 0.3 is 0 Å². The van der Waals surface area contributed by atoms with Crippen molar-refractivity contribution in [2.75, 3.05) is 6.61 Å². The molecule has 1 aliphatic rings. The van der Waals surface area contributed by atoms with Gasteiger partial charge in [-0.2, -0.15) is 0 Å². The highest BCUT2D eigenvalue weighted by atomic mass is 16.3. The van der Waals surface area contributed by atoms with E-state index < -0.39 is 0 Å². The molecule has 0 spiro atoms. The molecule has 126 valence electrons. The van der Waals surface area contributed by atoms with Gasteiger partial charge < -0.3 is 15.3 Å². The largest absolute Gasteiger partial charge is 0.508 e. The summed E-state index contributed by atoms with van der Waals surface area (Å²) in [7, 11) is 0. The molecule has 0 saturated heterocycles. The second-order valence-electron chi connectivity index (χ2n) is 6.55. The molecule has 1 saturated carbocycles. The number of benzene rings is 2. The summed E-state index contributed by atoms with van der Waals surface area (Å²) in [6.07, 6.45) is 5.21. The Morgan fingerprint density at radius 2 is 1.42 bits per heavy atom. The molecule has 0 bridgehead atoms. The average molecular weight is 324 g/mol. The smallest absolute Gasteiger partial charge is 0.115 e. The summed E-state index contributed by atoms with van der Waals surface area (Å²) in [5, 5.41) is 28.4. The van der Waals surface area contributed by atoms with Crippen LogP contribution in [-0.2, 0) is 0 Å². The fraction of sp³-hybridized carbons (Fsp3) is 0.333. The van der Waals surface area contributed by atoms with Crippen LogP contribution in [0.5, 0.6) is 11.5 Å². The molecule has 0 aliphatic heterocycles. The summed E-state index contributed by atoms with van der Waals surface area (Å²) in [6, 6.07) is 14.6. The van der Waals surface area contributed by atoms with Crippen molar-refractivity contribution in [1.29, 1.82) is 0 Å². The van der Waals surface area contributed by atoms with Crippen molar-refractivity contribution in [3.63, 3.8) is 0 Å². The van der Waals surface area contributed by atoms with Crippen LogP contribution in [0.2, 0.25) is 0 Å².